The maximum atomic E-state index is 12.7. The van der Waals surface area contributed by atoms with Gasteiger partial charge in [0.25, 0.3) is 5.56 Å². The molecule has 0 unspecified atom stereocenters. The van der Waals surface area contributed by atoms with Crippen molar-refractivity contribution in [1.29, 1.82) is 0 Å². The number of hydrogen-bond acceptors (Lipinski definition) is 5. The Hall–Kier alpha value is -2.12. The smallest absolute Gasteiger partial charge is 0.262 e. The van der Waals surface area contributed by atoms with Crippen LogP contribution in [0.4, 0.5) is 0 Å². The van der Waals surface area contributed by atoms with E-state index < -0.39 is 0 Å². The first-order valence-electron chi connectivity index (χ1n) is 8.76. The molecule has 1 saturated heterocycles. The summed E-state index contributed by atoms with van der Waals surface area (Å²) in [7, 11) is 0. The predicted molar refractivity (Wildman–Crippen MR) is 104 cm³/mol. The van der Waals surface area contributed by atoms with Crippen LogP contribution in [-0.2, 0) is 16.1 Å². The van der Waals surface area contributed by atoms with Crippen molar-refractivity contribution in [2.24, 2.45) is 0 Å². The zero-order chi connectivity index (χ0) is 18.5. The lowest BCUT2D eigenvalue weighted by atomic mass is 10.2. The van der Waals surface area contributed by atoms with E-state index in [1.807, 2.05) is 19.1 Å². The Morgan fingerprint density at radius 3 is 3.08 bits per heavy atom. The molecule has 0 saturated carbocycles. The topological polar surface area (TPSA) is 73.2 Å². The molecule has 1 aromatic carbocycles. The summed E-state index contributed by atoms with van der Waals surface area (Å²) in [6, 6.07) is 7.23. The molecule has 7 heteroatoms. The molecule has 0 radical (unpaired) electrons. The first-order valence-corrected chi connectivity index (χ1v) is 9.64. The van der Waals surface area contributed by atoms with Crippen molar-refractivity contribution in [3.05, 3.63) is 47.3 Å². The van der Waals surface area contributed by atoms with E-state index in [1.54, 1.807) is 22.8 Å². The fourth-order valence-electron chi connectivity index (χ4n) is 2.90. The van der Waals surface area contributed by atoms with Crippen molar-refractivity contribution in [2.75, 3.05) is 13.2 Å². The van der Waals surface area contributed by atoms with Crippen LogP contribution < -0.4 is 10.9 Å². The molecule has 1 N–H and O–H groups in total. The fourth-order valence-corrected chi connectivity index (χ4v) is 3.85. The number of allylic oxidation sites excluding steroid dienone is 1. The number of carbonyl (C=O) groups is 1. The number of para-hydroxylation sites is 1. The molecule has 0 spiro atoms. The van der Waals surface area contributed by atoms with E-state index >= 15 is 0 Å². The minimum absolute atomic E-state index is 0.0851. The third-order valence-corrected chi connectivity index (χ3v) is 5.41. The van der Waals surface area contributed by atoms with Crippen molar-refractivity contribution in [3.63, 3.8) is 0 Å². The summed E-state index contributed by atoms with van der Waals surface area (Å²) in [5.41, 5.74) is 0.511. The summed E-state index contributed by atoms with van der Waals surface area (Å²) in [5.74, 6) is -0.0851. The van der Waals surface area contributed by atoms with Crippen molar-refractivity contribution in [3.8, 4) is 0 Å². The molecule has 138 valence electrons. The molecule has 26 heavy (non-hydrogen) atoms. The molecule has 0 bridgehead atoms. The summed E-state index contributed by atoms with van der Waals surface area (Å²) in [4.78, 5) is 29.7. The Morgan fingerprint density at radius 1 is 1.54 bits per heavy atom. The second-order valence-electron chi connectivity index (χ2n) is 6.26. The van der Waals surface area contributed by atoms with Gasteiger partial charge < -0.3 is 10.1 Å². The average molecular weight is 373 g/mol. The molecular weight excluding hydrogens is 350 g/mol. The van der Waals surface area contributed by atoms with Gasteiger partial charge in [0, 0.05) is 19.7 Å². The van der Waals surface area contributed by atoms with Crippen LogP contribution in [0.2, 0.25) is 0 Å². The quantitative estimate of drug-likeness (QED) is 0.458. The van der Waals surface area contributed by atoms with Gasteiger partial charge in [-0.1, -0.05) is 30.0 Å². The number of rotatable bonds is 7. The lowest BCUT2D eigenvalue weighted by Gasteiger charge is -2.16. The van der Waals surface area contributed by atoms with Crippen LogP contribution in [0, 0.1) is 0 Å². The predicted octanol–water partition coefficient (Wildman–Crippen LogP) is 2.36. The second-order valence-corrected chi connectivity index (χ2v) is 7.56. The Labute approximate surface area is 156 Å². The molecular formula is C19H23N3O3S. The number of amides is 1. The van der Waals surface area contributed by atoms with Gasteiger partial charge in [0.15, 0.2) is 5.16 Å². The van der Waals surface area contributed by atoms with E-state index in [1.165, 1.54) is 11.8 Å². The molecule has 0 aliphatic carbocycles. The van der Waals surface area contributed by atoms with E-state index in [0.29, 0.717) is 29.1 Å². The number of thioether (sulfide) groups is 1. The van der Waals surface area contributed by atoms with Crippen molar-refractivity contribution >= 4 is 28.6 Å². The number of nitrogens with zero attached hydrogens (tertiary/aromatic N) is 2. The molecule has 3 rings (SSSR count). The van der Waals surface area contributed by atoms with Gasteiger partial charge in [-0.15, -0.1) is 6.58 Å². The lowest BCUT2D eigenvalue weighted by Crippen LogP contribution is -2.37. The second kappa shape index (κ2) is 8.51. The first kappa shape index (κ1) is 18.7. The van der Waals surface area contributed by atoms with Crippen molar-refractivity contribution < 1.29 is 9.53 Å². The van der Waals surface area contributed by atoms with Gasteiger partial charge in [0.1, 0.15) is 0 Å². The molecule has 1 aromatic heterocycles. The molecule has 2 heterocycles. The maximum absolute atomic E-state index is 12.7. The number of nitrogens with one attached hydrogen (secondary N) is 1. The molecule has 1 fully saturated rings. The Morgan fingerprint density at radius 2 is 2.35 bits per heavy atom. The van der Waals surface area contributed by atoms with Crippen LogP contribution in [0.5, 0.6) is 0 Å². The summed E-state index contributed by atoms with van der Waals surface area (Å²) in [5, 5.41) is 3.64. The third kappa shape index (κ3) is 4.16. The van der Waals surface area contributed by atoms with Crippen LogP contribution in [-0.4, -0.2) is 40.0 Å². The molecule has 2 aromatic rings. The van der Waals surface area contributed by atoms with Crippen LogP contribution >= 0.6 is 11.8 Å². The minimum atomic E-state index is -0.375. The van der Waals surface area contributed by atoms with Gasteiger partial charge in [-0.05, 0) is 31.9 Å². The summed E-state index contributed by atoms with van der Waals surface area (Å²) in [6.07, 6.45) is 3.78. The number of aromatic nitrogens is 2. The lowest BCUT2D eigenvalue weighted by molar-refractivity contribution is -0.120. The zero-order valence-corrected chi connectivity index (χ0v) is 15.6. The van der Waals surface area contributed by atoms with Gasteiger partial charge in [-0.2, -0.15) is 0 Å². The van der Waals surface area contributed by atoms with Gasteiger partial charge in [0.2, 0.25) is 5.91 Å². The SMILES string of the molecule is C=CCn1c(S[C@@H](C)C(=O)NC[C@@H]2CCCO2)nc2ccccc2c1=O. The third-order valence-electron chi connectivity index (χ3n) is 4.32. The highest BCUT2D eigenvalue weighted by molar-refractivity contribution is 8.00. The van der Waals surface area contributed by atoms with E-state index in [9.17, 15) is 9.59 Å². The average Bonchev–Trinajstić information content (AvgIpc) is 3.16. The van der Waals surface area contributed by atoms with E-state index in [0.717, 1.165) is 19.4 Å². The molecule has 6 nitrogen and oxygen atoms in total. The van der Waals surface area contributed by atoms with Gasteiger partial charge in [0.05, 0.1) is 22.3 Å². The van der Waals surface area contributed by atoms with Gasteiger partial charge in [-0.3, -0.25) is 14.2 Å². The highest BCUT2D eigenvalue weighted by Gasteiger charge is 2.21. The molecule has 2 atom stereocenters. The van der Waals surface area contributed by atoms with Gasteiger partial charge in [-0.25, -0.2) is 4.98 Å². The van der Waals surface area contributed by atoms with Crippen molar-refractivity contribution in [1.82, 2.24) is 14.9 Å². The Kier molecular flexibility index (Phi) is 6.11. The van der Waals surface area contributed by atoms with E-state index in [2.05, 4.69) is 16.9 Å². The summed E-state index contributed by atoms with van der Waals surface area (Å²) >= 11 is 1.28. The van der Waals surface area contributed by atoms with Crippen LogP contribution in [0.15, 0.2) is 46.9 Å². The summed E-state index contributed by atoms with van der Waals surface area (Å²) < 4.78 is 7.09. The number of ether oxygens (including phenoxy) is 1. The zero-order valence-electron chi connectivity index (χ0n) is 14.8. The molecule has 1 aliphatic heterocycles. The molecule has 1 aliphatic rings. The van der Waals surface area contributed by atoms with E-state index in [4.69, 9.17) is 4.74 Å². The van der Waals surface area contributed by atoms with Gasteiger partial charge >= 0.3 is 0 Å². The fraction of sp³-hybridized carbons (Fsp3) is 0.421. The maximum Gasteiger partial charge on any atom is 0.262 e. The standard InChI is InChI=1S/C19H23N3O3S/c1-3-10-22-18(24)15-8-4-5-9-16(15)21-19(22)26-13(2)17(23)20-12-14-7-6-11-25-14/h3-5,8-9,13-14H,1,6-7,10-12H2,2H3,(H,20,23)/t13-,14-/m0/s1. The summed E-state index contributed by atoms with van der Waals surface area (Å²) in [6.45, 7) is 7.17. The van der Waals surface area contributed by atoms with Crippen molar-refractivity contribution in [2.45, 2.75) is 42.8 Å². The monoisotopic (exact) mass is 373 g/mol. The Bertz CT molecular complexity index is 859. The Balaban J connectivity index is 1.77. The number of benzene rings is 1. The number of carbonyl (C=O) groups excluding carboxylic acids is 1. The first-order chi connectivity index (χ1) is 12.6. The normalized spacial score (nSPS) is 18.0. The molecule has 1 amide bonds. The van der Waals surface area contributed by atoms with Crippen LogP contribution in [0.1, 0.15) is 19.8 Å². The van der Waals surface area contributed by atoms with Crippen LogP contribution in [0.3, 0.4) is 0 Å². The van der Waals surface area contributed by atoms with Crippen LogP contribution in [0.25, 0.3) is 10.9 Å². The van der Waals surface area contributed by atoms with E-state index in [-0.39, 0.29) is 22.8 Å². The number of fused-ring (bicyclic) bond motifs is 1. The minimum Gasteiger partial charge on any atom is -0.376 e. The highest BCUT2D eigenvalue weighted by atomic mass is 32.2. The highest BCUT2D eigenvalue weighted by Crippen LogP contribution is 2.23. The largest absolute Gasteiger partial charge is 0.376 e. The number of hydrogen-bond donors (Lipinski definition) is 1.